The van der Waals surface area contributed by atoms with Gasteiger partial charge in [0.15, 0.2) is 0 Å². The summed E-state index contributed by atoms with van der Waals surface area (Å²) in [7, 11) is -12.4. The molecule has 0 saturated heterocycles. The predicted molar refractivity (Wildman–Crippen MR) is 47.4 cm³/mol. The van der Waals surface area contributed by atoms with Gasteiger partial charge in [0.2, 0.25) is 0 Å². The molecule has 4 N–H and O–H groups in total. The second kappa shape index (κ2) is 3.95. The van der Waals surface area contributed by atoms with Gasteiger partial charge in [-0.25, -0.2) is 0 Å². The molecule has 0 unspecified atom stereocenters. The molecule has 0 spiro atoms. The lowest BCUT2D eigenvalue weighted by atomic mass is 11.8. The first-order valence-corrected chi connectivity index (χ1v) is 9.18. The minimum Gasteiger partial charge on any atom is -0.324 e. The van der Waals surface area contributed by atoms with Crippen LogP contribution in [-0.2, 0) is 13.7 Å². The first-order chi connectivity index (χ1) is 5.41. The highest BCUT2D eigenvalue weighted by Crippen LogP contribution is 2.61. The van der Waals surface area contributed by atoms with E-state index in [1.54, 1.807) is 0 Å². The lowest BCUT2D eigenvalue weighted by Gasteiger charge is -2.14. The van der Waals surface area contributed by atoms with Crippen LogP contribution in [0.3, 0.4) is 0 Å². The van der Waals surface area contributed by atoms with Crippen LogP contribution in [0.4, 0.5) is 0 Å². The quantitative estimate of drug-likeness (QED) is 0.527. The first-order valence-electron chi connectivity index (χ1n) is 3.06. The predicted octanol–water partition coefficient (Wildman–Crippen LogP) is 0.250. The summed E-state index contributed by atoms with van der Waals surface area (Å²) in [5.41, 5.74) is 0. The average molecular weight is 252 g/mol. The van der Waals surface area contributed by atoms with E-state index in [-0.39, 0.29) is 0 Å². The van der Waals surface area contributed by atoms with Gasteiger partial charge in [0, 0.05) is 0 Å². The van der Waals surface area contributed by atoms with E-state index in [2.05, 4.69) is 0 Å². The monoisotopic (exact) mass is 252 g/mol. The molecule has 0 aromatic rings. The molecule has 10 heteroatoms. The minimum atomic E-state index is -4.48. The maximum Gasteiger partial charge on any atom is 0.332 e. The van der Waals surface area contributed by atoms with Crippen LogP contribution in [0, 0.1) is 0 Å². The van der Waals surface area contributed by atoms with Crippen LogP contribution in [0.15, 0.2) is 0 Å². The highest BCUT2D eigenvalue weighted by atomic mass is 31.3. The SMILES string of the molecule is CP(=O)(CP(=O)(O)O)CP(=O)(O)O. The van der Waals surface area contributed by atoms with Crippen molar-refractivity contribution in [1.82, 2.24) is 0 Å². The Morgan fingerprint density at radius 3 is 1.23 bits per heavy atom. The van der Waals surface area contributed by atoms with Crippen molar-refractivity contribution in [3.63, 3.8) is 0 Å². The van der Waals surface area contributed by atoms with Crippen molar-refractivity contribution >= 4 is 22.3 Å². The Morgan fingerprint density at radius 2 is 1.08 bits per heavy atom. The molecule has 0 aromatic carbocycles. The molecule has 0 aromatic heterocycles. The highest BCUT2D eigenvalue weighted by molar-refractivity contribution is 7.82. The minimum absolute atomic E-state index is 0.963. The number of rotatable bonds is 4. The molecule has 0 bridgehead atoms. The number of hydrogen-bond acceptors (Lipinski definition) is 3. The molecule has 0 fully saturated rings. The van der Waals surface area contributed by atoms with Crippen LogP contribution >= 0.6 is 22.3 Å². The molecule has 0 aliphatic heterocycles. The van der Waals surface area contributed by atoms with Crippen molar-refractivity contribution in [1.29, 1.82) is 0 Å². The molecule has 0 atom stereocenters. The number of hydrogen-bond donors (Lipinski definition) is 4. The molecule has 0 saturated carbocycles. The molecule has 0 aliphatic rings. The van der Waals surface area contributed by atoms with E-state index >= 15 is 0 Å². The third-order valence-corrected chi connectivity index (χ3v) is 8.70. The van der Waals surface area contributed by atoms with E-state index in [1.807, 2.05) is 0 Å². The highest BCUT2D eigenvalue weighted by Gasteiger charge is 2.33. The normalized spacial score (nSPS) is 14.5. The summed E-state index contributed by atoms with van der Waals surface area (Å²) >= 11 is 0. The molecule has 0 radical (unpaired) electrons. The van der Waals surface area contributed by atoms with Gasteiger partial charge >= 0.3 is 15.2 Å². The molecule has 80 valence electrons. The molecule has 13 heavy (non-hydrogen) atoms. The molecular weight excluding hydrogens is 241 g/mol. The summed E-state index contributed by atoms with van der Waals surface area (Å²) in [6, 6.07) is 0. The fraction of sp³-hybridized carbons (Fsp3) is 1.00. The van der Waals surface area contributed by atoms with E-state index in [4.69, 9.17) is 19.6 Å². The third kappa shape index (κ3) is 8.85. The second-order valence-corrected chi connectivity index (χ2v) is 10.4. The van der Waals surface area contributed by atoms with Gasteiger partial charge in [-0.05, 0) is 6.66 Å². The fourth-order valence-corrected chi connectivity index (χ4v) is 8.22. The van der Waals surface area contributed by atoms with Gasteiger partial charge in [-0.15, -0.1) is 0 Å². The summed E-state index contributed by atoms with van der Waals surface area (Å²) in [5, 5.41) is 0. The van der Waals surface area contributed by atoms with E-state index < -0.39 is 34.1 Å². The topological polar surface area (TPSA) is 132 Å². The van der Waals surface area contributed by atoms with E-state index in [0.717, 1.165) is 6.66 Å². The van der Waals surface area contributed by atoms with Gasteiger partial charge in [0.05, 0.1) is 0 Å². The van der Waals surface area contributed by atoms with E-state index in [1.165, 1.54) is 0 Å². The van der Waals surface area contributed by atoms with Crippen LogP contribution in [0.2, 0.25) is 0 Å². The van der Waals surface area contributed by atoms with Gasteiger partial charge in [0.25, 0.3) is 0 Å². The smallest absolute Gasteiger partial charge is 0.324 e. The van der Waals surface area contributed by atoms with Crippen molar-refractivity contribution in [2.45, 2.75) is 0 Å². The summed E-state index contributed by atoms with van der Waals surface area (Å²) in [6.07, 6.45) is 0. The summed E-state index contributed by atoms with van der Waals surface area (Å²) in [6.45, 7) is 0.963. The lowest BCUT2D eigenvalue weighted by Crippen LogP contribution is -1.95. The van der Waals surface area contributed by atoms with Gasteiger partial charge < -0.3 is 24.1 Å². The van der Waals surface area contributed by atoms with Crippen LogP contribution in [0.5, 0.6) is 0 Å². The summed E-state index contributed by atoms with van der Waals surface area (Å²) < 4.78 is 32.1. The van der Waals surface area contributed by atoms with Crippen LogP contribution in [0.25, 0.3) is 0 Å². The third-order valence-electron chi connectivity index (χ3n) is 0.967. The van der Waals surface area contributed by atoms with Crippen molar-refractivity contribution in [3.05, 3.63) is 0 Å². The molecule has 0 aliphatic carbocycles. The molecule has 0 rings (SSSR count). The lowest BCUT2D eigenvalue weighted by molar-refractivity contribution is 0.378. The van der Waals surface area contributed by atoms with Gasteiger partial charge in [0.1, 0.15) is 18.9 Å². The molecule has 0 heterocycles. The largest absolute Gasteiger partial charge is 0.332 e. The van der Waals surface area contributed by atoms with Crippen molar-refractivity contribution in [2.75, 3.05) is 18.5 Å². The fourth-order valence-electron chi connectivity index (χ4n) is 0.824. The van der Waals surface area contributed by atoms with Gasteiger partial charge in [-0.1, -0.05) is 0 Å². The van der Waals surface area contributed by atoms with Gasteiger partial charge in [-0.2, -0.15) is 0 Å². The summed E-state index contributed by atoms with van der Waals surface area (Å²) in [5.74, 6) is -1.93. The standard InChI is InChI=1S/C3H11O7P3/c1-11(4,2-12(5,6)7)3-13(8,9)10/h2-3H2,1H3,(H2,5,6,7)(H2,8,9,10). The van der Waals surface area contributed by atoms with Crippen LogP contribution in [-0.4, -0.2) is 38.0 Å². The van der Waals surface area contributed by atoms with Crippen molar-refractivity contribution in [2.24, 2.45) is 0 Å². The van der Waals surface area contributed by atoms with E-state index in [9.17, 15) is 13.7 Å². The van der Waals surface area contributed by atoms with Crippen molar-refractivity contribution in [3.8, 4) is 0 Å². The van der Waals surface area contributed by atoms with Crippen LogP contribution < -0.4 is 0 Å². The Balaban J connectivity index is 4.54. The maximum absolute atomic E-state index is 11.3. The Hall–Kier alpha value is 0.530. The van der Waals surface area contributed by atoms with Crippen LogP contribution in [0.1, 0.15) is 0 Å². The van der Waals surface area contributed by atoms with Gasteiger partial charge in [-0.3, -0.25) is 9.13 Å². The first kappa shape index (κ1) is 13.5. The summed E-state index contributed by atoms with van der Waals surface area (Å²) in [4.78, 5) is 33.7. The zero-order valence-corrected chi connectivity index (χ0v) is 9.45. The Labute approximate surface area is 74.9 Å². The zero-order chi connectivity index (χ0) is 10.9. The Morgan fingerprint density at radius 1 is 0.846 bits per heavy atom. The Kier molecular flexibility index (Phi) is 4.11. The molecule has 7 nitrogen and oxygen atoms in total. The average Bonchev–Trinajstić information content (AvgIpc) is 1.43. The van der Waals surface area contributed by atoms with E-state index in [0.29, 0.717) is 0 Å². The zero-order valence-electron chi connectivity index (χ0n) is 6.77. The molecular formula is C3H11O7P3. The maximum atomic E-state index is 11.3. The van der Waals surface area contributed by atoms with Crippen molar-refractivity contribution < 1.29 is 33.3 Å². The second-order valence-electron chi connectivity index (χ2n) is 2.91. The molecule has 0 amide bonds. The Bertz CT molecular complexity index is 281.